The summed E-state index contributed by atoms with van der Waals surface area (Å²) in [5.41, 5.74) is 0.947. The summed E-state index contributed by atoms with van der Waals surface area (Å²) in [6.07, 6.45) is -1.01. The molecule has 0 aliphatic carbocycles. The quantitative estimate of drug-likeness (QED) is 0.876. The number of ether oxygens (including phenoxy) is 1. The van der Waals surface area contributed by atoms with Crippen molar-refractivity contribution < 1.29 is 19.4 Å². The van der Waals surface area contributed by atoms with E-state index in [1.165, 1.54) is 16.2 Å². The zero-order chi connectivity index (χ0) is 17.3. The van der Waals surface area contributed by atoms with Crippen molar-refractivity contribution in [3.8, 4) is 10.6 Å². The summed E-state index contributed by atoms with van der Waals surface area (Å²) in [5.74, 6) is -1.41. The van der Waals surface area contributed by atoms with E-state index in [1.54, 1.807) is 23.6 Å². The van der Waals surface area contributed by atoms with Gasteiger partial charge in [-0.05, 0) is 18.2 Å². The summed E-state index contributed by atoms with van der Waals surface area (Å²) < 4.78 is 5.12. The maximum Gasteiger partial charge on any atom is 0.334 e. The van der Waals surface area contributed by atoms with Crippen LogP contribution >= 0.6 is 34.5 Å². The first-order valence-corrected chi connectivity index (χ1v) is 8.64. The molecule has 6 nitrogen and oxygen atoms in total. The van der Waals surface area contributed by atoms with Crippen molar-refractivity contribution in [3.05, 3.63) is 39.3 Å². The molecule has 1 unspecified atom stereocenters. The molecule has 1 atom stereocenters. The molecule has 9 heteroatoms. The Bertz CT molecular complexity index is 796. The molecule has 1 saturated heterocycles. The fraction of sp³-hybridized carbons (Fsp3) is 0.267. The number of amides is 1. The van der Waals surface area contributed by atoms with Gasteiger partial charge in [0, 0.05) is 22.5 Å². The Labute approximate surface area is 151 Å². The van der Waals surface area contributed by atoms with Crippen LogP contribution in [0.3, 0.4) is 0 Å². The smallest absolute Gasteiger partial charge is 0.334 e. The second-order valence-electron chi connectivity index (χ2n) is 5.11. The average molecular weight is 387 g/mol. The van der Waals surface area contributed by atoms with E-state index < -0.39 is 12.1 Å². The monoisotopic (exact) mass is 386 g/mol. The number of nitrogens with zero attached hydrogens (tertiary/aromatic N) is 2. The SMILES string of the molecule is O=C(O)C1CN(C(=O)c2csc(-c3ccc(Cl)cc3Cl)n2)CCO1. The average Bonchev–Trinajstić information content (AvgIpc) is 3.04. The minimum Gasteiger partial charge on any atom is -0.479 e. The summed E-state index contributed by atoms with van der Waals surface area (Å²) in [6, 6.07) is 5.05. The van der Waals surface area contributed by atoms with Gasteiger partial charge in [0.25, 0.3) is 5.91 Å². The third-order valence-corrected chi connectivity index (χ3v) is 4.94. The molecule has 1 aliphatic rings. The van der Waals surface area contributed by atoms with E-state index in [9.17, 15) is 9.59 Å². The highest BCUT2D eigenvalue weighted by atomic mass is 35.5. The van der Waals surface area contributed by atoms with Gasteiger partial charge in [-0.3, -0.25) is 4.79 Å². The maximum absolute atomic E-state index is 12.5. The zero-order valence-corrected chi connectivity index (χ0v) is 14.6. The third-order valence-electron chi connectivity index (χ3n) is 3.51. The van der Waals surface area contributed by atoms with Crippen LogP contribution in [0.4, 0.5) is 0 Å². The molecule has 1 aliphatic heterocycles. The van der Waals surface area contributed by atoms with Crippen molar-refractivity contribution >= 4 is 46.4 Å². The molecule has 2 heterocycles. The molecule has 0 saturated carbocycles. The van der Waals surface area contributed by atoms with E-state index >= 15 is 0 Å². The predicted molar refractivity (Wildman–Crippen MR) is 90.8 cm³/mol. The highest BCUT2D eigenvalue weighted by Gasteiger charge is 2.30. The van der Waals surface area contributed by atoms with Crippen molar-refractivity contribution in [1.29, 1.82) is 0 Å². The molecule has 0 spiro atoms. The van der Waals surface area contributed by atoms with Crippen LogP contribution < -0.4 is 0 Å². The minimum atomic E-state index is -1.08. The molecule has 1 aromatic heterocycles. The van der Waals surface area contributed by atoms with Gasteiger partial charge in [-0.15, -0.1) is 11.3 Å². The van der Waals surface area contributed by atoms with Gasteiger partial charge in [0.1, 0.15) is 10.7 Å². The Hall–Kier alpha value is -1.67. The molecular formula is C15H12Cl2N2O4S. The van der Waals surface area contributed by atoms with Gasteiger partial charge >= 0.3 is 5.97 Å². The predicted octanol–water partition coefficient (Wildman–Crippen LogP) is 3.04. The second kappa shape index (κ2) is 7.06. The second-order valence-corrected chi connectivity index (χ2v) is 6.81. The van der Waals surface area contributed by atoms with Crippen molar-refractivity contribution in [3.63, 3.8) is 0 Å². The molecular weight excluding hydrogens is 375 g/mol. The third kappa shape index (κ3) is 3.54. The number of carbonyl (C=O) groups excluding carboxylic acids is 1. The van der Waals surface area contributed by atoms with Gasteiger partial charge < -0.3 is 14.7 Å². The lowest BCUT2D eigenvalue weighted by Crippen LogP contribution is -2.48. The summed E-state index contributed by atoms with van der Waals surface area (Å²) in [6.45, 7) is 0.516. The normalized spacial score (nSPS) is 17.8. The summed E-state index contributed by atoms with van der Waals surface area (Å²) in [7, 11) is 0. The Balaban J connectivity index is 1.80. The van der Waals surface area contributed by atoms with Crippen molar-refractivity contribution in [2.24, 2.45) is 0 Å². The molecule has 24 heavy (non-hydrogen) atoms. The number of carbonyl (C=O) groups is 2. The van der Waals surface area contributed by atoms with Gasteiger partial charge in [0.2, 0.25) is 0 Å². The molecule has 1 N–H and O–H groups in total. The van der Waals surface area contributed by atoms with Gasteiger partial charge in [0.15, 0.2) is 6.10 Å². The number of morpholine rings is 1. The van der Waals surface area contributed by atoms with Crippen LogP contribution in [-0.4, -0.2) is 52.7 Å². The number of rotatable bonds is 3. The van der Waals surface area contributed by atoms with Crippen molar-refractivity contribution in [1.82, 2.24) is 9.88 Å². The molecule has 3 rings (SSSR count). The van der Waals surface area contributed by atoms with Gasteiger partial charge in [-0.1, -0.05) is 23.2 Å². The Kier molecular flexibility index (Phi) is 5.05. The van der Waals surface area contributed by atoms with E-state index in [-0.39, 0.29) is 24.8 Å². The number of hydrogen-bond donors (Lipinski definition) is 1. The van der Waals surface area contributed by atoms with Crippen LogP contribution in [0.2, 0.25) is 10.0 Å². The molecule has 0 bridgehead atoms. The standard InChI is InChI=1S/C15H12Cl2N2O4S/c16-8-1-2-9(10(17)5-8)13-18-11(7-24-13)14(20)19-3-4-23-12(6-19)15(21)22/h1-2,5,7,12H,3-4,6H2,(H,21,22). The number of carboxylic acid groups (broad SMARTS) is 1. The maximum atomic E-state index is 12.5. The highest BCUT2D eigenvalue weighted by Crippen LogP contribution is 2.32. The molecule has 0 radical (unpaired) electrons. The Morgan fingerprint density at radius 3 is 2.88 bits per heavy atom. The van der Waals surface area contributed by atoms with E-state index in [0.29, 0.717) is 27.2 Å². The number of benzene rings is 1. The molecule has 2 aromatic rings. The lowest BCUT2D eigenvalue weighted by molar-refractivity contribution is -0.154. The van der Waals surface area contributed by atoms with E-state index in [1.807, 2.05) is 0 Å². The first-order chi connectivity index (χ1) is 11.5. The van der Waals surface area contributed by atoms with E-state index in [0.717, 1.165) is 0 Å². The summed E-state index contributed by atoms with van der Waals surface area (Å²) >= 11 is 13.3. The highest BCUT2D eigenvalue weighted by molar-refractivity contribution is 7.13. The number of carboxylic acids is 1. The largest absolute Gasteiger partial charge is 0.479 e. The van der Waals surface area contributed by atoms with Crippen molar-refractivity contribution in [2.45, 2.75) is 6.10 Å². The first-order valence-electron chi connectivity index (χ1n) is 7.00. The summed E-state index contributed by atoms with van der Waals surface area (Å²) in [5, 5.41) is 12.2. The number of halogens is 2. The number of hydrogen-bond acceptors (Lipinski definition) is 5. The fourth-order valence-electron chi connectivity index (χ4n) is 2.30. The minimum absolute atomic E-state index is 0.00271. The van der Waals surface area contributed by atoms with Gasteiger partial charge in [-0.2, -0.15) is 0 Å². The lowest BCUT2D eigenvalue weighted by Gasteiger charge is -2.30. The van der Waals surface area contributed by atoms with Crippen LogP contribution in [0.25, 0.3) is 10.6 Å². The Morgan fingerprint density at radius 2 is 2.17 bits per heavy atom. The van der Waals surface area contributed by atoms with Crippen LogP contribution in [0.1, 0.15) is 10.5 Å². The molecule has 1 aromatic carbocycles. The topological polar surface area (TPSA) is 79.7 Å². The number of aliphatic carboxylic acids is 1. The van der Waals surface area contributed by atoms with E-state index in [2.05, 4.69) is 4.98 Å². The molecule has 1 fully saturated rings. The number of aromatic nitrogens is 1. The van der Waals surface area contributed by atoms with Gasteiger partial charge in [0.05, 0.1) is 18.2 Å². The van der Waals surface area contributed by atoms with E-state index in [4.69, 9.17) is 33.0 Å². The number of thiazole rings is 1. The van der Waals surface area contributed by atoms with Gasteiger partial charge in [-0.25, -0.2) is 9.78 Å². The summed E-state index contributed by atoms with van der Waals surface area (Å²) in [4.78, 5) is 29.3. The lowest BCUT2D eigenvalue weighted by atomic mass is 10.2. The van der Waals surface area contributed by atoms with Crippen molar-refractivity contribution in [2.75, 3.05) is 19.7 Å². The van der Waals surface area contributed by atoms with Crippen LogP contribution in [0.15, 0.2) is 23.6 Å². The fourth-order valence-corrected chi connectivity index (χ4v) is 3.69. The van der Waals surface area contributed by atoms with Crippen LogP contribution in [0, 0.1) is 0 Å². The molecule has 126 valence electrons. The van der Waals surface area contributed by atoms with Crippen LogP contribution in [-0.2, 0) is 9.53 Å². The zero-order valence-electron chi connectivity index (χ0n) is 12.2. The Morgan fingerprint density at radius 1 is 1.38 bits per heavy atom. The first kappa shape index (κ1) is 17.2. The van der Waals surface area contributed by atoms with Crippen LogP contribution in [0.5, 0.6) is 0 Å². The molecule has 1 amide bonds.